The lowest BCUT2D eigenvalue weighted by molar-refractivity contribution is 0.0880. The predicted octanol–water partition coefficient (Wildman–Crippen LogP) is 6.22. The standard InChI is InChI=1S/C20H10ClN3O2.C5H8/c21-8-5-6-10-12(7-8)23-18-14(10)16-15(19(25)24-20(16)26)13-9-3-1-2-4-11(9)22-17(13)18;1-2-4-5-3-1/h1-7,22-23H,(H,24,25,26);1-2H,3-5H2. The van der Waals surface area contributed by atoms with Crippen LogP contribution in [0.1, 0.15) is 40.0 Å². The van der Waals surface area contributed by atoms with Crippen LogP contribution in [0, 0.1) is 0 Å². The van der Waals surface area contributed by atoms with E-state index in [0.29, 0.717) is 16.1 Å². The number of hydrogen-bond acceptors (Lipinski definition) is 2. The number of halogens is 1. The Hall–Kier alpha value is -3.57. The van der Waals surface area contributed by atoms with Gasteiger partial charge in [0.25, 0.3) is 11.8 Å². The number of rotatable bonds is 0. The van der Waals surface area contributed by atoms with Gasteiger partial charge in [-0.25, -0.2) is 0 Å². The third-order valence-corrected chi connectivity index (χ3v) is 6.29. The van der Waals surface area contributed by atoms with Gasteiger partial charge in [-0.15, -0.1) is 0 Å². The fourth-order valence-corrected chi connectivity index (χ4v) is 4.90. The second-order valence-electron chi connectivity index (χ2n) is 7.92. The van der Waals surface area contributed by atoms with E-state index in [4.69, 9.17) is 11.6 Å². The highest BCUT2D eigenvalue weighted by Crippen LogP contribution is 2.42. The van der Waals surface area contributed by atoms with E-state index in [0.717, 1.165) is 43.6 Å². The fraction of sp³-hybridized carbons (Fsp3) is 0.120. The number of imide groups is 1. The van der Waals surface area contributed by atoms with Gasteiger partial charge in [-0.05, 0) is 37.5 Å². The second kappa shape index (κ2) is 6.72. The summed E-state index contributed by atoms with van der Waals surface area (Å²) in [6.07, 6.45) is 8.50. The van der Waals surface area contributed by atoms with E-state index in [1.54, 1.807) is 6.07 Å². The number of carbonyl (C=O) groups is 2. The number of aromatic nitrogens is 2. The number of fused-ring (bicyclic) bond motifs is 10. The van der Waals surface area contributed by atoms with Crippen molar-refractivity contribution < 1.29 is 9.59 Å². The van der Waals surface area contributed by atoms with Crippen molar-refractivity contribution in [2.75, 3.05) is 0 Å². The molecule has 3 aromatic carbocycles. The number of nitrogens with one attached hydrogen (secondary N) is 3. The van der Waals surface area contributed by atoms with E-state index in [1.165, 1.54) is 19.3 Å². The van der Waals surface area contributed by atoms with E-state index in [1.807, 2.05) is 36.4 Å². The minimum Gasteiger partial charge on any atom is -0.353 e. The minimum atomic E-state index is -0.363. The molecule has 0 bridgehead atoms. The first-order valence-electron chi connectivity index (χ1n) is 10.3. The number of carbonyl (C=O) groups excluding carboxylic acids is 2. The Kier molecular flexibility index (Phi) is 3.95. The number of benzene rings is 3. The summed E-state index contributed by atoms with van der Waals surface area (Å²) >= 11 is 6.14. The van der Waals surface area contributed by atoms with Crippen molar-refractivity contribution in [3.8, 4) is 0 Å². The number of allylic oxidation sites excluding steroid dienone is 2. The van der Waals surface area contributed by atoms with Crippen LogP contribution in [-0.4, -0.2) is 21.8 Å². The van der Waals surface area contributed by atoms with Gasteiger partial charge < -0.3 is 9.97 Å². The summed E-state index contributed by atoms with van der Waals surface area (Å²) < 4.78 is 0. The molecule has 6 heteroatoms. The topological polar surface area (TPSA) is 77.8 Å². The van der Waals surface area contributed by atoms with Crippen LogP contribution in [0.3, 0.4) is 0 Å². The first-order chi connectivity index (χ1) is 15.1. The summed E-state index contributed by atoms with van der Waals surface area (Å²) in [5.41, 5.74) is 4.23. The Balaban J connectivity index is 0.000000329. The molecule has 5 nitrogen and oxygen atoms in total. The average molecular weight is 428 g/mol. The highest BCUT2D eigenvalue weighted by Gasteiger charge is 2.34. The molecule has 7 rings (SSSR count). The van der Waals surface area contributed by atoms with E-state index in [9.17, 15) is 9.59 Å². The Morgan fingerprint density at radius 3 is 2.00 bits per heavy atom. The van der Waals surface area contributed by atoms with Gasteiger partial charge in [-0.2, -0.15) is 0 Å². The molecule has 0 fully saturated rings. The minimum absolute atomic E-state index is 0.357. The van der Waals surface area contributed by atoms with E-state index < -0.39 is 0 Å². The molecule has 2 amide bonds. The number of aromatic amines is 2. The zero-order valence-corrected chi connectivity index (χ0v) is 17.3. The molecule has 0 atom stereocenters. The Labute approximate surface area is 182 Å². The molecule has 3 heterocycles. The lowest BCUT2D eigenvalue weighted by Gasteiger charge is -2.02. The molecule has 0 spiro atoms. The molecule has 5 aromatic rings. The zero-order valence-electron chi connectivity index (χ0n) is 16.5. The lowest BCUT2D eigenvalue weighted by atomic mass is 9.97. The van der Waals surface area contributed by atoms with Gasteiger partial charge in [0, 0.05) is 37.6 Å². The number of hydrogen-bond donors (Lipinski definition) is 3. The van der Waals surface area contributed by atoms with Gasteiger partial charge >= 0.3 is 0 Å². The van der Waals surface area contributed by atoms with Crippen molar-refractivity contribution in [2.45, 2.75) is 19.3 Å². The summed E-state index contributed by atoms with van der Waals surface area (Å²) in [5, 5.41) is 6.36. The van der Waals surface area contributed by atoms with Gasteiger partial charge in [0.15, 0.2) is 0 Å². The summed E-state index contributed by atoms with van der Waals surface area (Å²) in [5.74, 6) is -0.719. The fourth-order valence-electron chi connectivity index (χ4n) is 4.73. The first kappa shape index (κ1) is 18.2. The molecule has 2 aromatic heterocycles. The zero-order chi connectivity index (χ0) is 21.1. The van der Waals surface area contributed by atoms with Crippen molar-refractivity contribution in [3.05, 3.63) is 70.8 Å². The van der Waals surface area contributed by atoms with Gasteiger partial charge in [0.2, 0.25) is 0 Å². The number of para-hydroxylation sites is 1. The molecule has 0 radical (unpaired) electrons. The maximum absolute atomic E-state index is 12.6. The molecule has 152 valence electrons. The van der Waals surface area contributed by atoms with Crippen LogP contribution in [0.15, 0.2) is 54.6 Å². The molecule has 31 heavy (non-hydrogen) atoms. The molecule has 2 aliphatic rings. The highest BCUT2D eigenvalue weighted by molar-refractivity contribution is 6.39. The van der Waals surface area contributed by atoms with Crippen molar-refractivity contribution >= 4 is 67.0 Å². The Morgan fingerprint density at radius 1 is 0.742 bits per heavy atom. The molecular weight excluding hydrogens is 410 g/mol. The van der Waals surface area contributed by atoms with E-state index in [-0.39, 0.29) is 11.8 Å². The van der Waals surface area contributed by atoms with Crippen LogP contribution in [0.5, 0.6) is 0 Å². The number of H-pyrrole nitrogens is 2. The van der Waals surface area contributed by atoms with Crippen LogP contribution >= 0.6 is 11.6 Å². The summed E-state index contributed by atoms with van der Waals surface area (Å²) in [7, 11) is 0. The largest absolute Gasteiger partial charge is 0.353 e. The first-order valence-corrected chi connectivity index (χ1v) is 10.7. The van der Waals surface area contributed by atoms with E-state index in [2.05, 4.69) is 27.4 Å². The molecule has 1 aliphatic carbocycles. The normalized spacial score (nSPS) is 15.1. The van der Waals surface area contributed by atoms with Crippen molar-refractivity contribution in [2.24, 2.45) is 0 Å². The van der Waals surface area contributed by atoms with Gasteiger partial charge in [0.1, 0.15) is 0 Å². The van der Waals surface area contributed by atoms with Crippen LogP contribution in [0.4, 0.5) is 0 Å². The van der Waals surface area contributed by atoms with Crippen LogP contribution in [-0.2, 0) is 0 Å². The summed E-state index contributed by atoms with van der Waals surface area (Å²) in [6.45, 7) is 0. The predicted molar refractivity (Wildman–Crippen MR) is 125 cm³/mol. The summed E-state index contributed by atoms with van der Waals surface area (Å²) in [6, 6.07) is 13.3. The summed E-state index contributed by atoms with van der Waals surface area (Å²) in [4.78, 5) is 32.0. The molecule has 0 saturated carbocycles. The monoisotopic (exact) mass is 427 g/mol. The van der Waals surface area contributed by atoms with Crippen LogP contribution in [0.2, 0.25) is 5.02 Å². The lowest BCUT2D eigenvalue weighted by Crippen LogP contribution is -2.20. The third-order valence-electron chi connectivity index (χ3n) is 6.06. The molecule has 1 aliphatic heterocycles. The average Bonchev–Trinajstić information content (AvgIpc) is 3.53. The van der Waals surface area contributed by atoms with Crippen molar-refractivity contribution in [3.63, 3.8) is 0 Å². The van der Waals surface area contributed by atoms with Gasteiger partial charge in [-0.1, -0.05) is 48.0 Å². The maximum Gasteiger partial charge on any atom is 0.259 e. The third kappa shape index (κ3) is 2.63. The van der Waals surface area contributed by atoms with E-state index >= 15 is 0 Å². The van der Waals surface area contributed by atoms with Crippen molar-refractivity contribution in [1.29, 1.82) is 0 Å². The smallest absolute Gasteiger partial charge is 0.259 e. The maximum atomic E-state index is 12.6. The molecular formula is C25H18ClN3O2. The van der Waals surface area contributed by atoms with Crippen LogP contribution in [0.25, 0.3) is 43.6 Å². The van der Waals surface area contributed by atoms with Gasteiger partial charge in [-0.3, -0.25) is 14.9 Å². The molecule has 0 saturated heterocycles. The second-order valence-corrected chi connectivity index (χ2v) is 8.36. The Bertz CT molecular complexity index is 1580. The van der Waals surface area contributed by atoms with Gasteiger partial charge in [0.05, 0.1) is 22.2 Å². The molecule has 0 unspecified atom stereocenters. The number of amides is 2. The van der Waals surface area contributed by atoms with Crippen LogP contribution < -0.4 is 5.32 Å². The highest BCUT2D eigenvalue weighted by atomic mass is 35.5. The SMILES string of the molecule is C1=CCCC1.O=C1NC(=O)c2c1c1c3ccccc3[nH]c1c1[nH]c3cc(Cl)ccc3c21. The van der Waals surface area contributed by atoms with Crippen molar-refractivity contribution in [1.82, 2.24) is 15.3 Å². The quantitative estimate of drug-likeness (QED) is 0.202. The Morgan fingerprint density at radius 2 is 1.35 bits per heavy atom. The molecule has 3 N–H and O–H groups in total.